The summed E-state index contributed by atoms with van der Waals surface area (Å²) >= 11 is 0. The topological polar surface area (TPSA) is 86.6 Å². The van der Waals surface area contributed by atoms with Crippen LogP contribution in [-0.4, -0.2) is 42.1 Å². The normalized spacial score (nSPS) is 47.1. The molecule has 4 aliphatic rings. The van der Waals surface area contributed by atoms with Gasteiger partial charge in [-0.1, -0.05) is 27.2 Å². The van der Waals surface area contributed by atoms with Gasteiger partial charge in [0.05, 0.1) is 17.0 Å². The first-order valence-corrected chi connectivity index (χ1v) is 15.6. The Balaban J connectivity index is 1.47. The van der Waals surface area contributed by atoms with Crippen LogP contribution >= 0.6 is 0 Å². The Hall–Kier alpha value is -0.170. The third kappa shape index (κ3) is 4.31. The molecule has 0 aromatic carbocycles. The average molecular weight is 498 g/mol. The molecule has 4 saturated carbocycles. The number of rotatable bonds is 6. The molecule has 10 atom stereocenters. The number of nitrogens with one attached hydrogen (secondary N) is 1. The van der Waals surface area contributed by atoms with Crippen LogP contribution in [0.3, 0.4) is 0 Å². The number of hydrogen-bond donors (Lipinski definition) is 3. The van der Waals surface area contributed by atoms with Crippen LogP contribution in [0.4, 0.5) is 0 Å². The van der Waals surface area contributed by atoms with Crippen LogP contribution < -0.4 is 4.72 Å². The molecule has 0 aromatic heterocycles. The van der Waals surface area contributed by atoms with Crippen molar-refractivity contribution in [2.75, 3.05) is 6.54 Å². The van der Waals surface area contributed by atoms with Gasteiger partial charge in [-0.2, -0.15) is 0 Å². The van der Waals surface area contributed by atoms with E-state index in [1.54, 1.807) is 20.8 Å². The zero-order valence-corrected chi connectivity index (χ0v) is 23.3. The lowest BCUT2D eigenvalue weighted by Crippen LogP contribution is -2.62. The molecule has 198 valence electrons. The number of fused-ring (bicyclic) bond motifs is 5. The summed E-state index contributed by atoms with van der Waals surface area (Å²) < 4.78 is 26.9. The SMILES string of the molecule is CC[C@H]1[C@@H](O)[C@@H]2[C@H](CC[C@]3(C)[C@@H](CCCNS(=O)(=O)C(C)(C)C)CC[C@@H]23)[C@@]2(C)CC[C@@H](O)C[C@@H]12. The number of hydrogen-bond acceptors (Lipinski definition) is 4. The van der Waals surface area contributed by atoms with E-state index in [2.05, 4.69) is 25.5 Å². The van der Waals surface area contributed by atoms with E-state index in [-0.39, 0.29) is 23.0 Å². The first-order valence-electron chi connectivity index (χ1n) is 14.1. The molecule has 3 N–H and O–H groups in total. The molecule has 5 nitrogen and oxygen atoms in total. The zero-order chi connectivity index (χ0) is 25.1. The van der Waals surface area contributed by atoms with Gasteiger partial charge in [-0.3, -0.25) is 0 Å². The first kappa shape index (κ1) is 26.9. The van der Waals surface area contributed by atoms with E-state index in [9.17, 15) is 18.6 Å². The van der Waals surface area contributed by atoms with Crippen molar-refractivity contribution in [2.24, 2.45) is 46.3 Å². The molecule has 0 amide bonds. The lowest BCUT2D eigenvalue weighted by Gasteiger charge is -2.64. The molecular weight excluding hydrogens is 446 g/mol. The van der Waals surface area contributed by atoms with Crippen molar-refractivity contribution in [2.45, 2.75) is 123 Å². The fourth-order valence-corrected chi connectivity index (χ4v) is 10.2. The quantitative estimate of drug-likeness (QED) is 0.445. The maximum Gasteiger partial charge on any atom is 0.216 e. The molecule has 0 aliphatic heterocycles. The lowest BCUT2D eigenvalue weighted by atomic mass is 9.41. The van der Waals surface area contributed by atoms with Crippen LogP contribution in [0.1, 0.15) is 106 Å². The highest BCUT2D eigenvalue weighted by Crippen LogP contribution is 2.69. The number of sulfonamides is 1. The maximum absolute atomic E-state index is 12.4. The van der Waals surface area contributed by atoms with Crippen molar-refractivity contribution in [1.82, 2.24) is 4.72 Å². The van der Waals surface area contributed by atoms with Gasteiger partial charge in [0.1, 0.15) is 0 Å². The van der Waals surface area contributed by atoms with Gasteiger partial charge in [-0.25, -0.2) is 13.1 Å². The molecule has 0 spiro atoms. The van der Waals surface area contributed by atoms with Crippen LogP contribution in [-0.2, 0) is 10.0 Å². The Kier molecular flexibility index (Phi) is 7.35. The Labute approximate surface area is 208 Å². The summed E-state index contributed by atoms with van der Waals surface area (Å²) in [4.78, 5) is 0. The molecule has 0 unspecified atom stereocenters. The van der Waals surface area contributed by atoms with Crippen LogP contribution in [0.5, 0.6) is 0 Å². The predicted molar refractivity (Wildman–Crippen MR) is 138 cm³/mol. The van der Waals surface area contributed by atoms with E-state index in [4.69, 9.17) is 0 Å². The maximum atomic E-state index is 12.4. The van der Waals surface area contributed by atoms with E-state index in [0.717, 1.165) is 38.5 Å². The van der Waals surface area contributed by atoms with E-state index in [0.29, 0.717) is 42.1 Å². The molecule has 0 heterocycles. The van der Waals surface area contributed by atoms with Crippen molar-refractivity contribution in [1.29, 1.82) is 0 Å². The lowest BCUT2D eigenvalue weighted by molar-refractivity contribution is -0.202. The third-order valence-electron chi connectivity index (χ3n) is 11.4. The average Bonchev–Trinajstić information content (AvgIpc) is 3.08. The molecule has 0 radical (unpaired) electrons. The van der Waals surface area contributed by atoms with Gasteiger partial charge in [0.25, 0.3) is 0 Å². The smallest absolute Gasteiger partial charge is 0.216 e. The van der Waals surface area contributed by atoms with E-state index >= 15 is 0 Å². The second-order valence-electron chi connectivity index (χ2n) is 13.9. The highest BCUT2D eigenvalue weighted by Gasteiger charge is 2.64. The Morgan fingerprint density at radius 2 is 1.59 bits per heavy atom. The number of aliphatic hydroxyl groups is 2. The molecule has 0 saturated heterocycles. The highest BCUT2D eigenvalue weighted by atomic mass is 32.2. The summed E-state index contributed by atoms with van der Waals surface area (Å²) in [6.45, 7) is 13.0. The Morgan fingerprint density at radius 3 is 2.24 bits per heavy atom. The van der Waals surface area contributed by atoms with Crippen LogP contribution in [0, 0.1) is 46.3 Å². The monoisotopic (exact) mass is 497 g/mol. The Bertz CT molecular complexity index is 838. The zero-order valence-electron chi connectivity index (χ0n) is 22.5. The van der Waals surface area contributed by atoms with Crippen LogP contribution in [0.2, 0.25) is 0 Å². The minimum Gasteiger partial charge on any atom is -0.393 e. The minimum absolute atomic E-state index is 0.198. The summed E-state index contributed by atoms with van der Waals surface area (Å²) in [5.41, 5.74) is 0.495. The summed E-state index contributed by atoms with van der Waals surface area (Å²) in [5, 5.41) is 22.2. The molecule has 0 bridgehead atoms. The van der Waals surface area contributed by atoms with Gasteiger partial charge in [0.15, 0.2) is 0 Å². The fourth-order valence-electron chi connectivity index (χ4n) is 9.31. The van der Waals surface area contributed by atoms with E-state index in [1.165, 1.54) is 25.7 Å². The summed E-state index contributed by atoms with van der Waals surface area (Å²) in [6, 6.07) is 0. The van der Waals surface area contributed by atoms with Gasteiger partial charge in [-0.15, -0.1) is 0 Å². The molecule has 6 heteroatoms. The second-order valence-corrected chi connectivity index (χ2v) is 16.4. The van der Waals surface area contributed by atoms with Crippen molar-refractivity contribution in [3.05, 3.63) is 0 Å². The van der Waals surface area contributed by atoms with Crippen molar-refractivity contribution in [3.63, 3.8) is 0 Å². The Morgan fingerprint density at radius 1 is 0.941 bits per heavy atom. The van der Waals surface area contributed by atoms with Crippen molar-refractivity contribution in [3.8, 4) is 0 Å². The number of aliphatic hydroxyl groups excluding tert-OH is 2. The van der Waals surface area contributed by atoms with Crippen molar-refractivity contribution < 1.29 is 18.6 Å². The first-order chi connectivity index (χ1) is 15.8. The van der Waals surface area contributed by atoms with E-state index in [1.807, 2.05) is 0 Å². The van der Waals surface area contributed by atoms with Crippen LogP contribution in [0.25, 0.3) is 0 Å². The molecule has 4 fully saturated rings. The summed E-state index contributed by atoms with van der Waals surface area (Å²) in [6.07, 6.45) is 10.2. The molecular formula is C28H51NO4S. The second kappa shape index (κ2) is 9.29. The largest absolute Gasteiger partial charge is 0.393 e. The molecule has 4 aliphatic carbocycles. The van der Waals surface area contributed by atoms with Gasteiger partial charge in [0, 0.05) is 6.54 Å². The predicted octanol–water partition coefficient (Wildman–Crippen LogP) is 5.11. The third-order valence-corrected chi connectivity index (χ3v) is 13.6. The molecule has 0 aromatic rings. The fraction of sp³-hybridized carbons (Fsp3) is 1.00. The summed E-state index contributed by atoms with van der Waals surface area (Å²) in [5.74, 6) is 2.87. The standard InChI is InChI=1S/C28H51NO4S/c1-7-20-23-17-19(30)12-14-28(23,6)22-13-15-27(5)18(10-11-21(27)24(22)25(20)31)9-8-16-29-34(32,33)26(2,3)4/h18-25,29-31H,7-17H2,1-6H3/t18-,19+,20+,21-,22-,23-,24-,25+,27+,28+/m0/s1. The molecule has 34 heavy (non-hydrogen) atoms. The highest BCUT2D eigenvalue weighted by molar-refractivity contribution is 7.90. The van der Waals surface area contributed by atoms with Gasteiger partial charge >= 0.3 is 0 Å². The van der Waals surface area contributed by atoms with Crippen LogP contribution in [0.15, 0.2) is 0 Å². The van der Waals surface area contributed by atoms with Gasteiger partial charge in [-0.05, 0) is 125 Å². The van der Waals surface area contributed by atoms with Gasteiger partial charge in [0.2, 0.25) is 10.0 Å². The van der Waals surface area contributed by atoms with E-state index < -0.39 is 14.8 Å². The molecule has 4 rings (SSSR count). The minimum atomic E-state index is -3.29. The summed E-state index contributed by atoms with van der Waals surface area (Å²) in [7, 11) is -3.29. The van der Waals surface area contributed by atoms with Crippen molar-refractivity contribution >= 4 is 10.0 Å². The van der Waals surface area contributed by atoms with Gasteiger partial charge < -0.3 is 10.2 Å².